The van der Waals surface area contributed by atoms with Crippen LogP contribution in [-0.2, 0) is 5.41 Å². The minimum atomic E-state index is 0. The van der Waals surface area contributed by atoms with Crippen molar-refractivity contribution in [1.29, 1.82) is 0 Å². The molecule has 116 valence electrons. The zero-order chi connectivity index (χ0) is 14.0. The standard InChI is InChI=1S/C16H22ClN3.HI/c17-14-6-4-5-13(11-14)16(7-8-16)12-19-15(18)20-9-2-1-3-10-20;/h4-6,11H,1-3,7-10,12H2,(H2,18,19);1H. The van der Waals surface area contributed by atoms with Gasteiger partial charge in [-0.2, -0.15) is 0 Å². The summed E-state index contributed by atoms with van der Waals surface area (Å²) in [6.07, 6.45) is 6.15. The first-order valence-corrected chi connectivity index (χ1v) is 7.88. The Morgan fingerprint density at radius 2 is 1.95 bits per heavy atom. The minimum absolute atomic E-state index is 0. The quantitative estimate of drug-likeness (QED) is 0.460. The molecule has 5 heteroatoms. The molecule has 0 amide bonds. The highest BCUT2D eigenvalue weighted by Gasteiger charge is 2.44. The second kappa shape index (κ2) is 7.18. The summed E-state index contributed by atoms with van der Waals surface area (Å²) in [7, 11) is 0. The van der Waals surface area contributed by atoms with Crippen molar-refractivity contribution in [3.8, 4) is 0 Å². The monoisotopic (exact) mass is 419 g/mol. The van der Waals surface area contributed by atoms with Gasteiger partial charge in [0, 0.05) is 23.5 Å². The molecule has 1 saturated carbocycles. The van der Waals surface area contributed by atoms with E-state index >= 15 is 0 Å². The van der Waals surface area contributed by atoms with Crippen LogP contribution >= 0.6 is 35.6 Å². The highest BCUT2D eigenvalue weighted by molar-refractivity contribution is 14.0. The van der Waals surface area contributed by atoms with E-state index in [2.05, 4.69) is 22.0 Å². The summed E-state index contributed by atoms with van der Waals surface area (Å²) >= 11 is 6.09. The number of rotatable bonds is 3. The van der Waals surface area contributed by atoms with Gasteiger partial charge >= 0.3 is 0 Å². The van der Waals surface area contributed by atoms with E-state index in [4.69, 9.17) is 17.3 Å². The van der Waals surface area contributed by atoms with Crippen molar-refractivity contribution in [3.05, 3.63) is 34.9 Å². The molecule has 0 radical (unpaired) electrons. The van der Waals surface area contributed by atoms with Crippen LogP contribution in [-0.4, -0.2) is 30.5 Å². The molecule has 21 heavy (non-hydrogen) atoms. The van der Waals surface area contributed by atoms with E-state index in [0.717, 1.165) is 30.6 Å². The average molecular weight is 420 g/mol. The third-order valence-electron chi connectivity index (χ3n) is 4.51. The summed E-state index contributed by atoms with van der Waals surface area (Å²) in [5, 5.41) is 0.807. The van der Waals surface area contributed by atoms with Crippen molar-refractivity contribution in [3.63, 3.8) is 0 Å². The molecular formula is C16H23ClIN3. The molecule has 2 fully saturated rings. The smallest absolute Gasteiger partial charge is 0.191 e. The summed E-state index contributed by atoms with van der Waals surface area (Å²) in [4.78, 5) is 6.89. The highest BCUT2D eigenvalue weighted by Crippen LogP contribution is 2.48. The number of nitrogens with zero attached hydrogens (tertiary/aromatic N) is 2. The van der Waals surface area contributed by atoms with Crippen LogP contribution < -0.4 is 5.73 Å². The molecule has 1 aliphatic heterocycles. The van der Waals surface area contributed by atoms with Crippen LogP contribution in [0, 0.1) is 0 Å². The Hall–Kier alpha value is -0.490. The molecule has 2 N–H and O–H groups in total. The maximum absolute atomic E-state index is 6.14. The lowest BCUT2D eigenvalue weighted by molar-refractivity contribution is 0.337. The number of nitrogens with two attached hydrogens (primary N) is 1. The lowest BCUT2D eigenvalue weighted by atomic mass is 9.96. The minimum Gasteiger partial charge on any atom is -0.370 e. The third kappa shape index (κ3) is 4.03. The molecule has 0 bridgehead atoms. The molecule has 1 saturated heterocycles. The molecule has 3 rings (SSSR count). The van der Waals surface area contributed by atoms with Gasteiger partial charge in [0.2, 0.25) is 0 Å². The van der Waals surface area contributed by atoms with Crippen LogP contribution in [0.5, 0.6) is 0 Å². The van der Waals surface area contributed by atoms with E-state index in [1.807, 2.05) is 12.1 Å². The predicted octanol–water partition coefficient (Wildman–Crippen LogP) is 3.79. The fraction of sp³-hybridized carbons (Fsp3) is 0.562. The number of piperidine rings is 1. The van der Waals surface area contributed by atoms with Crippen molar-refractivity contribution in [2.24, 2.45) is 10.7 Å². The fourth-order valence-electron chi connectivity index (χ4n) is 2.96. The molecule has 0 aromatic heterocycles. The maximum Gasteiger partial charge on any atom is 0.191 e. The normalized spacial score (nSPS) is 20.8. The Labute approximate surface area is 149 Å². The maximum atomic E-state index is 6.14. The molecule has 0 atom stereocenters. The first-order valence-electron chi connectivity index (χ1n) is 7.51. The fourth-order valence-corrected chi connectivity index (χ4v) is 3.15. The van der Waals surface area contributed by atoms with E-state index in [1.165, 1.54) is 37.7 Å². The van der Waals surface area contributed by atoms with Crippen molar-refractivity contribution < 1.29 is 0 Å². The van der Waals surface area contributed by atoms with Crippen molar-refractivity contribution in [2.45, 2.75) is 37.5 Å². The van der Waals surface area contributed by atoms with Gasteiger partial charge in [-0.15, -0.1) is 24.0 Å². The molecule has 1 aromatic carbocycles. The van der Waals surface area contributed by atoms with Crippen LogP contribution in [0.25, 0.3) is 0 Å². The van der Waals surface area contributed by atoms with Gasteiger partial charge in [0.15, 0.2) is 5.96 Å². The molecule has 1 heterocycles. The Morgan fingerprint density at radius 1 is 1.24 bits per heavy atom. The van der Waals surface area contributed by atoms with Crippen LogP contribution in [0.15, 0.2) is 29.3 Å². The number of hydrogen-bond donors (Lipinski definition) is 1. The molecular weight excluding hydrogens is 397 g/mol. The van der Waals surface area contributed by atoms with E-state index in [-0.39, 0.29) is 29.4 Å². The molecule has 1 aromatic rings. The summed E-state index contributed by atoms with van der Waals surface area (Å²) in [6.45, 7) is 2.90. The van der Waals surface area contributed by atoms with E-state index in [1.54, 1.807) is 0 Å². The molecule has 2 aliphatic rings. The predicted molar refractivity (Wildman–Crippen MR) is 99.7 cm³/mol. The average Bonchev–Trinajstić information content (AvgIpc) is 3.27. The third-order valence-corrected chi connectivity index (χ3v) is 4.75. The topological polar surface area (TPSA) is 41.6 Å². The number of likely N-dealkylation sites (tertiary alicyclic amines) is 1. The number of hydrogen-bond acceptors (Lipinski definition) is 1. The van der Waals surface area contributed by atoms with Crippen LogP contribution in [0.2, 0.25) is 5.02 Å². The van der Waals surface area contributed by atoms with Gasteiger partial charge in [-0.1, -0.05) is 23.7 Å². The number of guanidine groups is 1. The van der Waals surface area contributed by atoms with E-state index in [0.29, 0.717) is 0 Å². The van der Waals surface area contributed by atoms with Crippen molar-refractivity contribution in [1.82, 2.24) is 4.90 Å². The second-order valence-electron chi connectivity index (χ2n) is 6.01. The van der Waals surface area contributed by atoms with Gasteiger partial charge in [0.25, 0.3) is 0 Å². The highest BCUT2D eigenvalue weighted by atomic mass is 127. The zero-order valence-electron chi connectivity index (χ0n) is 12.2. The second-order valence-corrected chi connectivity index (χ2v) is 6.45. The summed E-state index contributed by atoms with van der Waals surface area (Å²) in [5.41, 5.74) is 7.63. The summed E-state index contributed by atoms with van der Waals surface area (Å²) < 4.78 is 0. The van der Waals surface area contributed by atoms with E-state index < -0.39 is 0 Å². The van der Waals surface area contributed by atoms with Gasteiger partial charge < -0.3 is 10.6 Å². The molecule has 0 unspecified atom stereocenters. The Bertz CT molecular complexity index is 508. The largest absolute Gasteiger partial charge is 0.370 e. The lowest BCUT2D eigenvalue weighted by Gasteiger charge is -2.28. The number of halogens is 2. The van der Waals surface area contributed by atoms with Crippen LogP contribution in [0.3, 0.4) is 0 Å². The molecule has 1 aliphatic carbocycles. The van der Waals surface area contributed by atoms with Crippen molar-refractivity contribution >= 4 is 41.5 Å². The number of aliphatic imine (C=N–C) groups is 1. The van der Waals surface area contributed by atoms with Gasteiger partial charge in [-0.05, 0) is 49.8 Å². The summed E-state index contributed by atoms with van der Waals surface area (Å²) in [6, 6.07) is 8.18. The Morgan fingerprint density at radius 3 is 2.57 bits per heavy atom. The molecule has 0 spiro atoms. The van der Waals surface area contributed by atoms with Gasteiger partial charge in [0.1, 0.15) is 0 Å². The Kier molecular flexibility index (Phi) is 5.77. The SMILES string of the molecule is I.NC(=NCC1(c2cccc(Cl)c2)CC1)N1CCCCC1. The van der Waals surface area contributed by atoms with Gasteiger partial charge in [0.05, 0.1) is 6.54 Å². The first-order chi connectivity index (χ1) is 9.70. The van der Waals surface area contributed by atoms with Crippen LogP contribution in [0.1, 0.15) is 37.7 Å². The lowest BCUT2D eigenvalue weighted by Crippen LogP contribution is -2.41. The number of benzene rings is 1. The Balaban J connectivity index is 0.00000161. The first kappa shape index (κ1) is 16.9. The zero-order valence-corrected chi connectivity index (χ0v) is 15.3. The van der Waals surface area contributed by atoms with E-state index in [9.17, 15) is 0 Å². The summed E-state index contributed by atoms with van der Waals surface area (Å²) in [5.74, 6) is 0.720. The van der Waals surface area contributed by atoms with Gasteiger partial charge in [-0.25, -0.2) is 0 Å². The van der Waals surface area contributed by atoms with Gasteiger partial charge in [-0.3, -0.25) is 4.99 Å². The molecule has 3 nitrogen and oxygen atoms in total. The van der Waals surface area contributed by atoms with Crippen LogP contribution in [0.4, 0.5) is 0 Å². The van der Waals surface area contributed by atoms with Crippen molar-refractivity contribution in [2.75, 3.05) is 19.6 Å².